The largest absolute Gasteiger partial charge is 0.397 e. The summed E-state index contributed by atoms with van der Waals surface area (Å²) in [6.07, 6.45) is 0. The second-order valence-electron chi connectivity index (χ2n) is 4.09. The Bertz CT molecular complexity index is 566. The van der Waals surface area contributed by atoms with Crippen molar-refractivity contribution in [3.8, 4) is 0 Å². The van der Waals surface area contributed by atoms with Crippen molar-refractivity contribution < 1.29 is 9.53 Å². The molecule has 1 amide bonds. The quantitative estimate of drug-likeness (QED) is 0.881. The minimum Gasteiger partial charge on any atom is -0.397 e. The lowest BCUT2D eigenvalue weighted by atomic mass is 10.1. The Kier molecular flexibility index (Phi) is 4.54. The lowest BCUT2D eigenvalue weighted by molar-refractivity contribution is 0.0955. The standard InChI is InChI=1S/C14H16N2O2S/c1-18-9-11-5-3-2-4-10(11)8-16-14(17)13-12(15)6-7-19-13/h2-7H,8-9,15H2,1H3,(H,16,17). The van der Waals surface area contributed by atoms with Crippen LogP contribution in [0.2, 0.25) is 0 Å². The van der Waals surface area contributed by atoms with Crippen molar-refractivity contribution in [2.45, 2.75) is 13.2 Å². The number of ether oxygens (including phenoxy) is 1. The summed E-state index contributed by atoms with van der Waals surface area (Å²) in [5, 5.41) is 4.69. The molecule has 5 heteroatoms. The monoisotopic (exact) mass is 276 g/mol. The third-order valence-corrected chi connectivity index (χ3v) is 3.69. The number of nitrogens with one attached hydrogen (secondary N) is 1. The molecule has 0 fully saturated rings. The van der Waals surface area contributed by atoms with E-state index in [0.29, 0.717) is 23.7 Å². The molecule has 100 valence electrons. The first-order chi connectivity index (χ1) is 9.22. The minimum absolute atomic E-state index is 0.139. The molecule has 0 saturated heterocycles. The highest BCUT2D eigenvalue weighted by atomic mass is 32.1. The summed E-state index contributed by atoms with van der Waals surface area (Å²) in [7, 11) is 1.65. The Labute approximate surface area is 116 Å². The summed E-state index contributed by atoms with van der Waals surface area (Å²) in [6, 6.07) is 9.60. The van der Waals surface area contributed by atoms with E-state index in [1.807, 2.05) is 29.6 Å². The number of carbonyl (C=O) groups excluding carboxylic acids is 1. The number of nitrogen functional groups attached to an aromatic ring is 1. The van der Waals surface area contributed by atoms with Crippen LogP contribution in [0.15, 0.2) is 35.7 Å². The van der Waals surface area contributed by atoms with Crippen molar-refractivity contribution in [2.24, 2.45) is 0 Å². The van der Waals surface area contributed by atoms with Crippen LogP contribution >= 0.6 is 11.3 Å². The molecular weight excluding hydrogens is 260 g/mol. The maximum atomic E-state index is 12.0. The highest BCUT2D eigenvalue weighted by molar-refractivity contribution is 7.12. The third-order valence-electron chi connectivity index (χ3n) is 2.76. The molecular formula is C14H16N2O2S. The zero-order valence-electron chi connectivity index (χ0n) is 10.7. The van der Waals surface area contributed by atoms with Crippen molar-refractivity contribution in [3.05, 3.63) is 51.7 Å². The van der Waals surface area contributed by atoms with Crippen LogP contribution in [-0.4, -0.2) is 13.0 Å². The van der Waals surface area contributed by atoms with E-state index in [-0.39, 0.29) is 5.91 Å². The van der Waals surface area contributed by atoms with Crippen molar-refractivity contribution >= 4 is 22.9 Å². The van der Waals surface area contributed by atoms with E-state index >= 15 is 0 Å². The van der Waals surface area contributed by atoms with Gasteiger partial charge in [0.1, 0.15) is 4.88 Å². The van der Waals surface area contributed by atoms with Gasteiger partial charge in [-0.25, -0.2) is 0 Å². The van der Waals surface area contributed by atoms with Crippen molar-refractivity contribution in [3.63, 3.8) is 0 Å². The maximum Gasteiger partial charge on any atom is 0.263 e. The molecule has 0 aliphatic carbocycles. The molecule has 3 N–H and O–H groups in total. The molecule has 0 aliphatic heterocycles. The van der Waals surface area contributed by atoms with E-state index in [2.05, 4.69) is 5.32 Å². The highest BCUT2D eigenvalue weighted by Crippen LogP contribution is 2.18. The first-order valence-electron chi connectivity index (χ1n) is 5.89. The van der Waals surface area contributed by atoms with Crippen LogP contribution in [0.4, 0.5) is 5.69 Å². The van der Waals surface area contributed by atoms with Gasteiger partial charge < -0.3 is 15.8 Å². The number of benzene rings is 1. The Hall–Kier alpha value is -1.85. The zero-order valence-corrected chi connectivity index (χ0v) is 11.5. The third kappa shape index (κ3) is 3.33. The summed E-state index contributed by atoms with van der Waals surface area (Å²) < 4.78 is 5.14. The molecule has 0 unspecified atom stereocenters. The number of anilines is 1. The normalized spacial score (nSPS) is 10.4. The van der Waals surface area contributed by atoms with Gasteiger partial charge in [-0.15, -0.1) is 11.3 Å². The Morgan fingerprint density at radius 3 is 2.68 bits per heavy atom. The van der Waals surface area contributed by atoms with Gasteiger partial charge >= 0.3 is 0 Å². The molecule has 0 aliphatic rings. The Balaban J connectivity index is 2.03. The molecule has 0 radical (unpaired) electrons. The van der Waals surface area contributed by atoms with Crippen molar-refractivity contribution in [1.82, 2.24) is 5.32 Å². The van der Waals surface area contributed by atoms with E-state index in [9.17, 15) is 4.79 Å². The van der Waals surface area contributed by atoms with Crippen LogP contribution < -0.4 is 11.1 Å². The zero-order chi connectivity index (χ0) is 13.7. The molecule has 0 spiro atoms. The lowest BCUT2D eigenvalue weighted by Gasteiger charge is -2.09. The number of hydrogen-bond donors (Lipinski definition) is 2. The number of amides is 1. The van der Waals surface area contributed by atoms with E-state index < -0.39 is 0 Å². The Morgan fingerprint density at radius 2 is 2.05 bits per heavy atom. The SMILES string of the molecule is COCc1ccccc1CNC(=O)c1sccc1N. The van der Waals surface area contributed by atoms with Gasteiger partial charge in [0.05, 0.1) is 12.3 Å². The van der Waals surface area contributed by atoms with Gasteiger partial charge in [-0.2, -0.15) is 0 Å². The van der Waals surface area contributed by atoms with Gasteiger partial charge in [-0.3, -0.25) is 4.79 Å². The van der Waals surface area contributed by atoms with E-state index in [0.717, 1.165) is 11.1 Å². The summed E-state index contributed by atoms with van der Waals surface area (Å²) in [5.41, 5.74) is 8.36. The molecule has 1 heterocycles. The second-order valence-corrected chi connectivity index (χ2v) is 5.01. The van der Waals surface area contributed by atoms with Crippen molar-refractivity contribution in [1.29, 1.82) is 0 Å². The summed E-state index contributed by atoms with van der Waals surface area (Å²) >= 11 is 1.35. The van der Waals surface area contributed by atoms with E-state index in [1.165, 1.54) is 11.3 Å². The maximum absolute atomic E-state index is 12.0. The number of thiophene rings is 1. The number of methoxy groups -OCH3 is 1. The topological polar surface area (TPSA) is 64.3 Å². The summed E-state index contributed by atoms with van der Waals surface area (Å²) in [4.78, 5) is 12.5. The fourth-order valence-corrected chi connectivity index (χ4v) is 2.52. The second kappa shape index (κ2) is 6.36. The number of rotatable bonds is 5. The van der Waals surface area contributed by atoms with Crippen LogP contribution in [0.1, 0.15) is 20.8 Å². The molecule has 19 heavy (non-hydrogen) atoms. The minimum atomic E-state index is -0.139. The first-order valence-corrected chi connectivity index (χ1v) is 6.77. The molecule has 1 aromatic heterocycles. The summed E-state index contributed by atoms with van der Waals surface area (Å²) in [6.45, 7) is 1.00. The molecule has 1 aromatic carbocycles. The molecule has 0 atom stereocenters. The van der Waals surface area contributed by atoms with Gasteiger partial charge in [-0.1, -0.05) is 24.3 Å². The predicted molar refractivity (Wildman–Crippen MR) is 77.1 cm³/mol. The smallest absolute Gasteiger partial charge is 0.263 e. The first kappa shape index (κ1) is 13.6. The van der Waals surface area contributed by atoms with Gasteiger partial charge in [0.25, 0.3) is 5.91 Å². The number of hydrogen-bond acceptors (Lipinski definition) is 4. The lowest BCUT2D eigenvalue weighted by Crippen LogP contribution is -2.23. The number of nitrogens with two attached hydrogens (primary N) is 1. The van der Waals surface area contributed by atoms with Gasteiger partial charge in [-0.05, 0) is 22.6 Å². The van der Waals surface area contributed by atoms with E-state index in [1.54, 1.807) is 13.2 Å². The molecule has 0 bridgehead atoms. The Morgan fingerprint density at radius 1 is 1.32 bits per heavy atom. The number of carbonyl (C=O) groups is 1. The van der Waals surface area contributed by atoms with Crippen LogP contribution in [0.5, 0.6) is 0 Å². The van der Waals surface area contributed by atoms with Crippen LogP contribution in [0.25, 0.3) is 0 Å². The molecule has 4 nitrogen and oxygen atoms in total. The van der Waals surface area contributed by atoms with Crippen LogP contribution in [0, 0.1) is 0 Å². The van der Waals surface area contributed by atoms with Gasteiger partial charge in [0, 0.05) is 13.7 Å². The van der Waals surface area contributed by atoms with Crippen LogP contribution in [0.3, 0.4) is 0 Å². The molecule has 0 saturated carbocycles. The predicted octanol–water partition coefficient (Wildman–Crippen LogP) is 2.41. The average molecular weight is 276 g/mol. The van der Waals surface area contributed by atoms with Gasteiger partial charge in [0.15, 0.2) is 0 Å². The van der Waals surface area contributed by atoms with Crippen LogP contribution in [-0.2, 0) is 17.9 Å². The van der Waals surface area contributed by atoms with Gasteiger partial charge in [0.2, 0.25) is 0 Å². The fourth-order valence-electron chi connectivity index (χ4n) is 1.79. The summed E-state index contributed by atoms with van der Waals surface area (Å²) in [5.74, 6) is -0.139. The molecule has 2 aromatic rings. The molecule has 2 rings (SSSR count). The van der Waals surface area contributed by atoms with Crippen molar-refractivity contribution in [2.75, 3.05) is 12.8 Å². The highest BCUT2D eigenvalue weighted by Gasteiger charge is 2.11. The average Bonchev–Trinajstić information content (AvgIpc) is 2.84. The fraction of sp³-hybridized carbons (Fsp3) is 0.214. The van der Waals surface area contributed by atoms with E-state index in [4.69, 9.17) is 10.5 Å².